The molecule has 1 N–H and O–H groups in total. The van der Waals surface area contributed by atoms with Crippen LogP contribution in [0.1, 0.15) is 40.5 Å². The maximum Gasteiger partial charge on any atom is 0.220 e. The van der Waals surface area contributed by atoms with Gasteiger partial charge in [0.2, 0.25) is 11.8 Å². The van der Waals surface area contributed by atoms with Crippen molar-refractivity contribution < 1.29 is 9.59 Å². The quantitative estimate of drug-likeness (QED) is 0.721. The van der Waals surface area contributed by atoms with E-state index >= 15 is 0 Å². The Balaban J connectivity index is 3.81. The Kier molecular flexibility index (Phi) is 6.75. The van der Waals surface area contributed by atoms with Gasteiger partial charge < -0.3 is 10.2 Å². The molecule has 0 aliphatic carbocycles. The van der Waals surface area contributed by atoms with Crippen molar-refractivity contribution in [1.29, 1.82) is 0 Å². The lowest BCUT2D eigenvalue weighted by atomic mass is 10.3. The van der Waals surface area contributed by atoms with Crippen LogP contribution in [0.15, 0.2) is 0 Å². The summed E-state index contributed by atoms with van der Waals surface area (Å²) < 4.78 is 0. The summed E-state index contributed by atoms with van der Waals surface area (Å²) in [5, 5.41) is 2.79. The lowest BCUT2D eigenvalue weighted by Gasteiger charge is -2.25. The van der Waals surface area contributed by atoms with E-state index in [1.54, 1.807) is 11.8 Å². The van der Waals surface area contributed by atoms with Crippen molar-refractivity contribution in [2.75, 3.05) is 13.1 Å². The van der Waals surface area contributed by atoms with Crippen LogP contribution in [0.3, 0.4) is 0 Å². The van der Waals surface area contributed by atoms with E-state index in [9.17, 15) is 9.59 Å². The van der Waals surface area contributed by atoms with E-state index in [-0.39, 0.29) is 17.9 Å². The van der Waals surface area contributed by atoms with Gasteiger partial charge in [-0.3, -0.25) is 9.59 Å². The predicted molar refractivity (Wildman–Crippen MR) is 60.4 cm³/mol. The highest BCUT2D eigenvalue weighted by atomic mass is 16.2. The minimum atomic E-state index is 0.0507. The third kappa shape index (κ3) is 6.10. The van der Waals surface area contributed by atoms with E-state index in [1.807, 2.05) is 20.8 Å². The van der Waals surface area contributed by atoms with Crippen molar-refractivity contribution in [1.82, 2.24) is 10.2 Å². The first-order chi connectivity index (χ1) is 6.99. The molecule has 0 aromatic heterocycles. The summed E-state index contributed by atoms with van der Waals surface area (Å²) in [5.41, 5.74) is 0. The largest absolute Gasteiger partial charge is 0.354 e. The third-order valence-electron chi connectivity index (χ3n) is 2.18. The second-order valence-corrected chi connectivity index (χ2v) is 3.91. The molecule has 0 radical (unpaired) electrons. The summed E-state index contributed by atoms with van der Waals surface area (Å²) in [4.78, 5) is 24.1. The van der Waals surface area contributed by atoms with Crippen LogP contribution >= 0.6 is 0 Å². The zero-order valence-corrected chi connectivity index (χ0v) is 10.2. The maximum atomic E-state index is 11.2. The Bertz CT molecular complexity index is 215. The van der Waals surface area contributed by atoms with Crippen molar-refractivity contribution in [2.24, 2.45) is 0 Å². The third-order valence-corrected chi connectivity index (χ3v) is 2.18. The summed E-state index contributed by atoms with van der Waals surface area (Å²) in [5.74, 6) is 0.111. The van der Waals surface area contributed by atoms with Crippen molar-refractivity contribution in [2.45, 2.75) is 46.6 Å². The molecule has 0 unspecified atom stereocenters. The molecule has 0 aliphatic heterocycles. The monoisotopic (exact) mass is 214 g/mol. The van der Waals surface area contributed by atoms with Crippen molar-refractivity contribution in [3.05, 3.63) is 0 Å². The summed E-state index contributed by atoms with van der Waals surface area (Å²) in [7, 11) is 0. The Morgan fingerprint density at radius 1 is 1.33 bits per heavy atom. The van der Waals surface area contributed by atoms with Gasteiger partial charge >= 0.3 is 0 Å². The SMILES string of the molecule is CCCC(=O)NCCN(C(C)=O)C(C)C. The summed E-state index contributed by atoms with van der Waals surface area (Å²) >= 11 is 0. The molecule has 15 heavy (non-hydrogen) atoms. The molecular formula is C11H22N2O2. The molecule has 0 fully saturated rings. The van der Waals surface area contributed by atoms with E-state index in [4.69, 9.17) is 0 Å². The maximum absolute atomic E-state index is 11.2. The highest BCUT2D eigenvalue weighted by Crippen LogP contribution is 1.97. The summed E-state index contributed by atoms with van der Waals surface area (Å²) in [6.45, 7) is 8.58. The standard InChI is InChI=1S/C11H22N2O2/c1-5-6-11(15)12-7-8-13(9(2)3)10(4)14/h9H,5-8H2,1-4H3,(H,12,15). The van der Waals surface area contributed by atoms with Crippen LogP contribution in [-0.4, -0.2) is 35.8 Å². The fraction of sp³-hybridized carbons (Fsp3) is 0.818. The lowest BCUT2D eigenvalue weighted by Crippen LogP contribution is -2.41. The Morgan fingerprint density at radius 3 is 2.33 bits per heavy atom. The first-order valence-corrected chi connectivity index (χ1v) is 5.53. The molecule has 0 rings (SSSR count). The summed E-state index contributed by atoms with van der Waals surface area (Å²) in [6, 6.07) is 0.186. The number of hydrogen-bond acceptors (Lipinski definition) is 2. The minimum Gasteiger partial charge on any atom is -0.354 e. The number of nitrogens with zero attached hydrogens (tertiary/aromatic N) is 1. The summed E-state index contributed by atoms with van der Waals surface area (Å²) in [6.07, 6.45) is 1.41. The van der Waals surface area contributed by atoms with Gasteiger partial charge in [0.25, 0.3) is 0 Å². The second kappa shape index (κ2) is 7.26. The van der Waals surface area contributed by atoms with E-state index in [2.05, 4.69) is 5.32 Å². The van der Waals surface area contributed by atoms with E-state index in [0.29, 0.717) is 19.5 Å². The number of hydrogen-bond donors (Lipinski definition) is 1. The van der Waals surface area contributed by atoms with E-state index in [1.165, 1.54) is 0 Å². The van der Waals surface area contributed by atoms with Gasteiger partial charge in [-0.2, -0.15) is 0 Å². The van der Waals surface area contributed by atoms with E-state index < -0.39 is 0 Å². The zero-order chi connectivity index (χ0) is 11.8. The first-order valence-electron chi connectivity index (χ1n) is 5.53. The number of nitrogens with one attached hydrogen (secondary N) is 1. The van der Waals surface area contributed by atoms with Crippen molar-refractivity contribution in [3.8, 4) is 0 Å². The van der Waals surface area contributed by atoms with Crippen LogP contribution in [0, 0.1) is 0 Å². The molecule has 4 nitrogen and oxygen atoms in total. The molecule has 0 aliphatic rings. The lowest BCUT2D eigenvalue weighted by molar-refractivity contribution is -0.131. The zero-order valence-electron chi connectivity index (χ0n) is 10.2. The average molecular weight is 214 g/mol. The second-order valence-electron chi connectivity index (χ2n) is 3.91. The van der Waals surface area contributed by atoms with Gasteiger partial charge in [-0.05, 0) is 20.3 Å². The number of carbonyl (C=O) groups excluding carboxylic acids is 2. The number of amides is 2. The molecule has 0 aromatic carbocycles. The molecule has 4 heteroatoms. The van der Waals surface area contributed by atoms with Crippen molar-refractivity contribution >= 4 is 11.8 Å². The van der Waals surface area contributed by atoms with Gasteiger partial charge in [-0.15, -0.1) is 0 Å². The van der Waals surface area contributed by atoms with E-state index in [0.717, 1.165) is 6.42 Å². The van der Waals surface area contributed by atoms with Crippen LogP contribution in [-0.2, 0) is 9.59 Å². The van der Waals surface area contributed by atoms with Crippen LogP contribution in [0.4, 0.5) is 0 Å². The van der Waals surface area contributed by atoms with Crippen LogP contribution in [0.5, 0.6) is 0 Å². The Labute approximate surface area is 92.0 Å². The van der Waals surface area contributed by atoms with Crippen molar-refractivity contribution in [3.63, 3.8) is 0 Å². The molecule has 0 saturated heterocycles. The molecule has 0 saturated carbocycles. The van der Waals surface area contributed by atoms with Gasteiger partial charge in [-0.25, -0.2) is 0 Å². The molecule has 0 bridgehead atoms. The highest BCUT2D eigenvalue weighted by Gasteiger charge is 2.11. The highest BCUT2D eigenvalue weighted by molar-refractivity contribution is 5.76. The number of carbonyl (C=O) groups is 2. The normalized spacial score (nSPS) is 10.2. The Morgan fingerprint density at radius 2 is 1.93 bits per heavy atom. The van der Waals surface area contributed by atoms with Gasteiger partial charge in [0.1, 0.15) is 0 Å². The van der Waals surface area contributed by atoms with Gasteiger partial charge in [0.15, 0.2) is 0 Å². The first kappa shape index (κ1) is 13.9. The fourth-order valence-corrected chi connectivity index (χ4v) is 1.41. The minimum absolute atomic E-state index is 0.0507. The van der Waals surface area contributed by atoms with Gasteiger partial charge in [0.05, 0.1) is 0 Å². The smallest absolute Gasteiger partial charge is 0.220 e. The van der Waals surface area contributed by atoms with Gasteiger partial charge in [-0.1, -0.05) is 6.92 Å². The van der Waals surface area contributed by atoms with Crippen LogP contribution in [0.2, 0.25) is 0 Å². The molecule has 88 valence electrons. The predicted octanol–water partition coefficient (Wildman–Crippen LogP) is 1.16. The average Bonchev–Trinajstić information content (AvgIpc) is 2.11. The van der Waals surface area contributed by atoms with Crippen LogP contribution < -0.4 is 5.32 Å². The molecule has 0 atom stereocenters. The molecule has 0 heterocycles. The molecular weight excluding hydrogens is 192 g/mol. The van der Waals surface area contributed by atoms with Crippen LogP contribution in [0.25, 0.3) is 0 Å². The Hall–Kier alpha value is -1.06. The molecule has 0 aromatic rings. The topological polar surface area (TPSA) is 49.4 Å². The molecule has 2 amide bonds. The molecule has 0 spiro atoms. The number of rotatable bonds is 6. The van der Waals surface area contributed by atoms with Gasteiger partial charge in [0, 0.05) is 32.5 Å². The fourth-order valence-electron chi connectivity index (χ4n) is 1.41.